The molecule has 2 aromatic rings. The summed E-state index contributed by atoms with van der Waals surface area (Å²) in [7, 11) is 0. The average molecular weight is 282 g/mol. The molecule has 1 aromatic carbocycles. The first-order chi connectivity index (χ1) is 10.3. The lowest BCUT2D eigenvalue weighted by atomic mass is 10.1. The van der Waals surface area contributed by atoms with Gasteiger partial charge in [-0.15, -0.1) is 0 Å². The van der Waals surface area contributed by atoms with Gasteiger partial charge in [-0.05, 0) is 48.7 Å². The predicted octanol–water partition coefficient (Wildman–Crippen LogP) is 3.30. The Labute approximate surface area is 124 Å². The second-order valence-electron chi connectivity index (χ2n) is 5.44. The quantitative estimate of drug-likeness (QED) is 0.845. The smallest absolute Gasteiger partial charge is 0.266 e. The van der Waals surface area contributed by atoms with Gasteiger partial charge in [0.25, 0.3) is 11.8 Å². The first-order valence-electron chi connectivity index (χ1n) is 7.38. The molecule has 0 amide bonds. The minimum absolute atomic E-state index is 0.524. The lowest BCUT2D eigenvalue weighted by molar-refractivity contribution is 0.429. The molecule has 3 rings (SSSR count). The number of aromatic nitrogens is 2. The molecule has 1 fully saturated rings. The van der Waals surface area contributed by atoms with E-state index < -0.39 is 0 Å². The Morgan fingerprint density at radius 2 is 1.95 bits per heavy atom. The fraction of sp³-hybridized carbons (Fsp3) is 0.438. The summed E-state index contributed by atoms with van der Waals surface area (Å²) in [6.07, 6.45) is 4.91. The lowest BCUT2D eigenvalue weighted by Crippen LogP contribution is -2.24. The van der Waals surface area contributed by atoms with Crippen molar-refractivity contribution >= 4 is 5.95 Å². The number of nitriles is 1. The molecule has 0 bridgehead atoms. The number of benzene rings is 1. The van der Waals surface area contributed by atoms with Crippen LogP contribution < -0.4 is 4.90 Å². The molecule has 1 aliphatic heterocycles. The van der Waals surface area contributed by atoms with Gasteiger partial charge < -0.3 is 9.42 Å². The summed E-state index contributed by atoms with van der Waals surface area (Å²) in [5.74, 6) is 1.20. The van der Waals surface area contributed by atoms with Gasteiger partial charge in [-0.1, -0.05) is 12.8 Å². The van der Waals surface area contributed by atoms with Crippen LogP contribution in [-0.2, 0) is 0 Å². The van der Waals surface area contributed by atoms with Crippen LogP contribution in [0, 0.1) is 18.3 Å². The van der Waals surface area contributed by atoms with Crippen molar-refractivity contribution in [1.29, 1.82) is 5.26 Å². The van der Waals surface area contributed by atoms with Gasteiger partial charge in [0.05, 0.1) is 11.6 Å². The molecule has 0 saturated carbocycles. The Morgan fingerprint density at radius 3 is 2.62 bits per heavy atom. The van der Waals surface area contributed by atoms with E-state index >= 15 is 0 Å². The summed E-state index contributed by atoms with van der Waals surface area (Å²) in [5.41, 5.74) is 2.51. The molecule has 0 atom stereocenters. The van der Waals surface area contributed by atoms with Gasteiger partial charge in [0, 0.05) is 18.7 Å². The van der Waals surface area contributed by atoms with Crippen molar-refractivity contribution in [3.63, 3.8) is 0 Å². The van der Waals surface area contributed by atoms with E-state index in [0.717, 1.165) is 24.2 Å². The Kier molecular flexibility index (Phi) is 3.87. The van der Waals surface area contributed by atoms with Crippen molar-refractivity contribution in [2.45, 2.75) is 32.6 Å². The summed E-state index contributed by atoms with van der Waals surface area (Å²) in [4.78, 5) is 6.72. The number of nitrogens with zero attached hydrogens (tertiary/aromatic N) is 4. The van der Waals surface area contributed by atoms with Crippen molar-refractivity contribution < 1.29 is 4.52 Å². The highest BCUT2D eigenvalue weighted by molar-refractivity contribution is 5.61. The van der Waals surface area contributed by atoms with Crippen LogP contribution in [0.4, 0.5) is 5.95 Å². The van der Waals surface area contributed by atoms with E-state index in [-0.39, 0.29) is 0 Å². The zero-order valence-electron chi connectivity index (χ0n) is 12.2. The summed E-state index contributed by atoms with van der Waals surface area (Å²) in [5, 5.41) is 13.0. The Morgan fingerprint density at radius 1 is 1.19 bits per heavy atom. The van der Waals surface area contributed by atoms with E-state index in [0.29, 0.717) is 17.4 Å². The molecular weight excluding hydrogens is 264 g/mol. The normalized spacial score (nSPS) is 15.5. The van der Waals surface area contributed by atoms with E-state index in [9.17, 15) is 0 Å². The molecule has 5 heteroatoms. The Bertz CT molecular complexity index is 663. The molecule has 5 nitrogen and oxygen atoms in total. The van der Waals surface area contributed by atoms with Gasteiger partial charge in [-0.2, -0.15) is 10.2 Å². The Hall–Kier alpha value is -2.35. The van der Waals surface area contributed by atoms with Gasteiger partial charge in [-0.3, -0.25) is 0 Å². The fourth-order valence-corrected chi connectivity index (χ4v) is 2.70. The first-order valence-corrected chi connectivity index (χ1v) is 7.38. The highest BCUT2D eigenvalue weighted by atomic mass is 16.5. The molecule has 2 heterocycles. The van der Waals surface area contributed by atoms with E-state index in [1.54, 1.807) is 6.07 Å². The van der Waals surface area contributed by atoms with Crippen LogP contribution in [0.5, 0.6) is 0 Å². The molecule has 21 heavy (non-hydrogen) atoms. The maximum absolute atomic E-state index is 8.92. The maximum atomic E-state index is 8.92. The van der Waals surface area contributed by atoms with Crippen molar-refractivity contribution in [2.24, 2.45) is 0 Å². The topological polar surface area (TPSA) is 66.0 Å². The van der Waals surface area contributed by atoms with Crippen LogP contribution >= 0.6 is 0 Å². The van der Waals surface area contributed by atoms with Gasteiger partial charge >= 0.3 is 0 Å². The van der Waals surface area contributed by atoms with Gasteiger partial charge in [-0.25, -0.2) is 0 Å². The SMILES string of the molecule is Cc1cc(C#N)ccc1-c1nc(N2CCCCCC2)no1. The summed E-state index contributed by atoms with van der Waals surface area (Å²) in [6.45, 7) is 3.93. The van der Waals surface area contributed by atoms with Crippen molar-refractivity contribution in [3.8, 4) is 17.5 Å². The number of hydrogen-bond donors (Lipinski definition) is 0. The first kappa shape index (κ1) is 13.6. The average Bonchev–Trinajstić information content (AvgIpc) is 2.82. The van der Waals surface area contributed by atoms with Crippen molar-refractivity contribution in [2.75, 3.05) is 18.0 Å². The van der Waals surface area contributed by atoms with Crippen LogP contribution in [0.15, 0.2) is 22.7 Å². The Balaban J connectivity index is 1.86. The standard InChI is InChI=1S/C16H18N4O/c1-12-10-13(11-17)6-7-14(12)15-18-16(19-21-15)20-8-4-2-3-5-9-20/h6-7,10H,2-5,8-9H2,1H3. The van der Waals surface area contributed by atoms with Gasteiger partial charge in [0.2, 0.25) is 0 Å². The molecule has 0 spiro atoms. The van der Waals surface area contributed by atoms with Crippen LogP contribution in [0.3, 0.4) is 0 Å². The number of hydrogen-bond acceptors (Lipinski definition) is 5. The van der Waals surface area contributed by atoms with Crippen molar-refractivity contribution in [1.82, 2.24) is 10.1 Å². The molecule has 108 valence electrons. The van der Waals surface area contributed by atoms with Crippen LogP contribution in [0.2, 0.25) is 0 Å². The maximum Gasteiger partial charge on any atom is 0.266 e. The summed E-state index contributed by atoms with van der Waals surface area (Å²) >= 11 is 0. The van der Waals surface area contributed by atoms with Crippen LogP contribution in [-0.4, -0.2) is 23.2 Å². The van der Waals surface area contributed by atoms with Crippen LogP contribution in [0.1, 0.15) is 36.8 Å². The molecule has 0 aliphatic carbocycles. The van der Waals surface area contributed by atoms with E-state index in [4.69, 9.17) is 9.78 Å². The van der Waals surface area contributed by atoms with Gasteiger partial charge in [0.1, 0.15) is 0 Å². The third-order valence-corrected chi connectivity index (χ3v) is 3.89. The number of rotatable bonds is 2. The third-order valence-electron chi connectivity index (χ3n) is 3.89. The zero-order valence-corrected chi connectivity index (χ0v) is 12.2. The van der Waals surface area contributed by atoms with E-state index in [1.165, 1.54) is 25.7 Å². The highest BCUT2D eigenvalue weighted by Gasteiger charge is 2.17. The predicted molar refractivity (Wildman–Crippen MR) is 79.9 cm³/mol. The second-order valence-corrected chi connectivity index (χ2v) is 5.44. The third kappa shape index (κ3) is 2.89. The minimum atomic E-state index is 0.524. The largest absolute Gasteiger partial charge is 0.338 e. The van der Waals surface area contributed by atoms with E-state index in [1.807, 2.05) is 19.1 Å². The fourth-order valence-electron chi connectivity index (χ4n) is 2.70. The monoisotopic (exact) mass is 282 g/mol. The minimum Gasteiger partial charge on any atom is -0.338 e. The zero-order chi connectivity index (χ0) is 14.7. The molecule has 1 aromatic heterocycles. The lowest BCUT2D eigenvalue weighted by Gasteiger charge is -2.16. The van der Waals surface area contributed by atoms with Gasteiger partial charge in [0.15, 0.2) is 0 Å². The molecule has 1 aliphatic rings. The second kappa shape index (κ2) is 5.96. The molecule has 0 N–H and O–H groups in total. The number of aryl methyl sites for hydroxylation is 1. The molecule has 0 unspecified atom stereocenters. The highest BCUT2D eigenvalue weighted by Crippen LogP contribution is 2.25. The number of anilines is 1. The van der Waals surface area contributed by atoms with E-state index in [2.05, 4.69) is 21.1 Å². The van der Waals surface area contributed by atoms with Crippen molar-refractivity contribution in [3.05, 3.63) is 29.3 Å². The van der Waals surface area contributed by atoms with Crippen LogP contribution in [0.25, 0.3) is 11.5 Å². The summed E-state index contributed by atoms with van der Waals surface area (Å²) in [6, 6.07) is 7.62. The molecule has 1 saturated heterocycles. The molecule has 0 radical (unpaired) electrons. The summed E-state index contributed by atoms with van der Waals surface area (Å²) < 4.78 is 5.41. The molecular formula is C16H18N4O.